The SMILES string of the molecule is CCc1nsc(N2CC(CO)OCC2C)n1. The Morgan fingerprint density at radius 1 is 1.62 bits per heavy atom. The van der Waals surface area contributed by atoms with Crippen LogP contribution in [0.3, 0.4) is 0 Å². The van der Waals surface area contributed by atoms with Crippen molar-refractivity contribution in [2.75, 3.05) is 24.7 Å². The number of hydrogen-bond donors (Lipinski definition) is 1. The molecule has 0 aromatic carbocycles. The van der Waals surface area contributed by atoms with Gasteiger partial charge in [0, 0.05) is 24.5 Å². The van der Waals surface area contributed by atoms with Gasteiger partial charge in [0.25, 0.3) is 0 Å². The molecule has 1 saturated heterocycles. The molecule has 1 aromatic heterocycles. The number of anilines is 1. The molecule has 1 aromatic rings. The second-order valence-corrected chi connectivity index (χ2v) is 4.72. The van der Waals surface area contributed by atoms with Gasteiger partial charge in [-0.15, -0.1) is 0 Å². The first-order valence-electron chi connectivity index (χ1n) is 5.56. The minimum atomic E-state index is -0.106. The van der Waals surface area contributed by atoms with Crippen LogP contribution in [0.25, 0.3) is 0 Å². The van der Waals surface area contributed by atoms with Gasteiger partial charge in [0.1, 0.15) is 5.82 Å². The fourth-order valence-corrected chi connectivity index (χ4v) is 2.56. The summed E-state index contributed by atoms with van der Waals surface area (Å²) in [5, 5.41) is 10.0. The third kappa shape index (κ3) is 2.34. The van der Waals surface area contributed by atoms with E-state index >= 15 is 0 Å². The van der Waals surface area contributed by atoms with Gasteiger partial charge >= 0.3 is 0 Å². The van der Waals surface area contributed by atoms with E-state index in [1.165, 1.54) is 11.5 Å². The number of hydrogen-bond acceptors (Lipinski definition) is 6. The third-order valence-corrected chi connectivity index (χ3v) is 3.52. The van der Waals surface area contributed by atoms with Crippen LogP contribution in [0, 0.1) is 0 Å². The van der Waals surface area contributed by atoms with Gasteiger partial charge in [-0.25, -0.2) is 4.98 Å². The number of nitrogens with zero attached hydrogens (tertiary/aromatic N) is 3. The highest BCUT2D eigenvalue weighted by atomic mass is 32.1. The van der Waals surface area contributed by atoms with E-state index in [-0.39, 0.29) is 12.7 Å². The Hall–Kier alpha value is -0.720. The molecule has 0 spiro atoms. The van der Waals surface area contributed by atoms with Gasteiger partial charge in [-0.05, 0) is 6.92 Å². The second kappa shape index (κ2) is 5.07. The molecule has 0 radical (unpaired) electrons. The van der Waals surface area contributed by atoms with Crippen LogP contribution in [-0.4, -0.2) is 46.4 Å². The van der Waals surface area contributed by atoms with Crippen LogP contribution in [0.15, 0.2) is 0 Å². The molecule has 1 N–H and O–H groups in total. The van der Waals surface area contributed by atoms with Gasteiger partial charge in [0.15, 0.2) is 0 Å². The van der Waals surface area contributed by atoms with Gasteiger partial charge in [-0.1, -0.05) is 6.92 Å². The van der Waals surface area contributed by atoms with Gasteiger partial charge in [0.05, 0.1) is 25.4 Å². The Balaban J connectivity index is 2.11. The molecular weight excluding hydrogens is 226 g/mol. The summed E-state index contributed by atoms with van der Waals surface area (Å²) in [5.41, 5.74) is 0. The average Bonchev–Trinajstić information content (AvgIpc) is 2.78. The number of aliphatic hydroxyl groups excluding tert-OH is 1. The number of ether oxygens (including phenoxy) is 1. The number of aliphatic hydroxyl groups is 1. The highest BCUT2D eigenvalue weighted by molar-refractivity contribution is 7.09. The van der Waals surface area contributed by atoms with E-state index in [1.807, 2.05) is 6.92 Å². The molecule has 6 heteroatoms. The predicted octanol–water partition coefficient (Wildman–Crippen LogP) is 0.686. The first-order chi connectivity index (χ1) is 7.74. The molecule has 0 saturated carbocycles. The lowest BCUT2D eigenvalue weighted by Crippen LogP contribution is -2.49. The van der Waals surface area contributed by atoms with E-state index in [2.05, 4.69) is 21.2 Å². The standard InChI is InChI=1S/C10H17N3O2S/c1-3-9-11-10(16-12-9)13-4-8(5-14)15-6-7(13)2/h7-8,14H,3-6H2,1-2H3. The van der Waals surface area contributed by atoms with E-state index in [0.29, 0.717) is 19.2 Å². The Bertz CT molecular complexity index is 345. The maximum Gasteiger partial charge on any atom is 0.205 e. The van der Waals surface area contributed by atoms with E-state index in [4.69, 9.17) is 9.84 Å². The number of aryl methyl sites for hydroxylation is 1. The molecule has 1 aliphatic rings. The molecule has 90 valence electrons. The zero-order valence-electron chi connectivity index (χ0n) is 9.59. The summed E-state index contributed by atoms with van der Waals surface area (Å²) >= 11 is 1.42. The normalized spacial score (nSPS) is 26.1. The van der Waals surface area contributed by atoms with Crippen molar-refractivity contribution in [3.63, 3.8) is 0 Å². The van der Waals surface area contributed by atoms with Crippen molar-refractivity contribution in [1.82, 2.24) is 9.36 Å². The third-order valence-electron chi connectivity index (χ3n) is 2.73. The van der Waals surface area contributed by atoms with E-state index in [9.17, 15) is 0 Å². The van der Waals surface area contributed by atoms with Crippen LogP contribution >= 0.6 is 11.5 Å². The van der Waals surface area contributed by atoms with E-state index < -0.39 is 0 Å². The van der Waals surface area contributed by atoms with Crippen molar-refractivity contribution in [1.29, 1.82) is 0 Å². The van der Waals surface area contributed by atoms with Crippen molar-refractivity contribution in [2.24, 2.45) is 0 Å². The van der Waals surface area contributed by atoms with Crippen molar-refractivity contribution >= 4 is 16.7 Å². The molecule has 5 nitrogen and oxygen atoms in total. The topological polar surface area (TPSA) is 58.5 Å². The fourth-order valence-electron chi connectivity index (χ4n) is 1.70. The zero-order valence-corrected chi connectivity index (χ0v) is 10.4. The Morgan fingerprint density at radius 2 is 2.44 bits per heavy atom. The van der Waals surface area contributed by atoms with Crippen molar-refractivity contribution in [2.45, 2.75) is 32.4 Å². The lowest BCUT2D eigenvalue weighted by molar-refractivity contribution is -0.0103. The smallest absolute Gasteiger partial charge is 0.205 e. The predicted molar refractivity (Wildman–Crippen MR) is 62.9 cm³/mol. The number of rotatable bonds is 3. The summed E-state index contributed by atoms with van der Waals surface area (Å²) in [6.45, 7) is 5.52. The van der Waals surface area contributed by atoms with Gasteiger partial charge in [0.2, 0.25) is 5.13 Å². The van der Waals surface area contributed by atoms with E-state index in [1.54, 1.807) is 0 Å². The maximum atomic E-state index is 9.11. The molecule has 16 heavy (non-hydrogen) atoms. The van der Waals surface area contributed by atoms with Gasteiger partial charge in [-0.2, -0.15) is 4.37 Å². The van der Waals surface area contributed by atoms with Crippen LogP contribution < -0.4 is 4.90 Å². The summed E-state index contributed by atoms with van der Waals surface area (Å²) in [5.74, 6) is 0.888. The number of morpholine rings is 1. The number of aromatic nitrogens is 2. The summed E-state index contributed by atoms with van der Waals surface area (Å²) in [6.07, 6.45) is 0.753. The molecule has 0 aliphatic carbocycles. The lowest BCUT2D eigenvalue weighted by Gasteiger charge is -2.36. The lowest BCUT2D eigenvalue weighted by atomic mass is 10.2. The highest BCUT2D eigenvalue weighted by Gasteiger charge is 2.27. The average molecular weight is 243 g/mol. The molecule has 1 aliphatic heterocycles. The summed E-state index contributed by atoms with van der Waals surface area (Å²) < 4.78 is 9.77. The Morgan fingerprint density at radius 3 is 3.06 bits per heavy atom. The van der Waals surface area contributed by atoms with Crippen LogP contribution in [0.1, 0.15) is 19.7 Å². The summed E-state index contributed by atoms with van der Waals surface area (Å²) in [4.78, 5) is 6.64. The largest absolute Gasteiger partial charge is 0.394 e. The first kappa shape index (κ1) is 11.8. The second-order valence-electron chi connectivity index (χ2n) is 3.99. The van der Waals surface area contributed by atoms with Crippen LogP contribution in [0.5, 0.6) is 0 Å². The molecule has 2 unspecified atom stereocenters. The van der Waals surface area contributed by atoms with Crippen molar-refractivity contribution in [3.8, 4) is 0 Å². The van der Waals surface area contributed by atoms with Crippen LogP contribution in [0.2, 0.25) is 0 Å². The monoisotopic (exact) mass is 243 g/mol. The van der Waals surface area contributed by atoms with Crippen molar-refractivity contribution < 1.29 is 9.84 Å². The summed E-state index contributed by atoms with van der Waals surface area (Å²) in [7, 11) is 0. The fraction of sp³-hybridized carbons (Fsp3) is 0.800. The minimum absolute atomic E-state index is 0.0582. The minimum Gasteiger partial charge on any atom is -0.394 e. The molecular formula is C10H17N3O2S. The zero-order chi connectivity index (χ0) is 11.5. The molecule has 1 fully saturated rings. The Kier molecular flexibility index (Phi) is 3.73. The highest BCUT2D eigenvalue weighted by Crippen LogP contribution is 2.23. The maximum absolute atomic E-state index is 9.11. The molecule has 0 bridgehead atoms. The van der Waals surface area contributed by atoms with Gasteiger partial charge in [-0.3, -0.25) is 0 Å². The first-order valence-corrected chi connectivity index (χ1v) is 6.33. The van der Waals surface area contributed by atoms with E-state index in [0.717, 1.165) is 17.4 Å². The molecule has 0 amide bonds. The Labute approximate surface area is 99.2 Å². The quantitative estimate of drug-likeness (QED) is 0.846. The van der Waals surface area contributed by atoms with Gasteiger partial charge < -0.3 is 14.7 Å². The van der Waals surface area contributed by atoms with Crippen molar-refractivity contribution in [3.05, 3.63) is 5.82 Å². The van der Waals surface area contributed by atoms with Crippen LogP contribution in [-0.2, 0) is 11.2 Å². The molecule has 2 atom stereocenters. The van der Waals surface area contributed by atoms with Crippen LogP contribution in [0.4, 0.5) is 5.13 Å². The summed E-state index contributed by atoms with van der Waals surface area (Å²) in [6, 6.07) is 0.292. The molecule has 2 rings (SSSR count). The molecule has 2 heterocycles.